The van der Waals surface area contributed by atoms with Crippen LogP contribution in [0.4, 0.5) is 4.79 Å². The second-order valence-electron chi connectivity index (χ2n) is 2.80. The molecule has 0 aliphatic carbocycles. The Balaban J connectivity index is 2.35. The maximum atomic E-state index is 10.5. The van der Waals surface area contributed by atoms with Gasteiger partial charge in [-0.2, -0.15) is 0 Å². The summed E-state index contributed by atoms with van der Waals surface area (Å²) in [5.41, 5.74) is 5.33. The van der Waals surface area contributed by atoms with Crippen LogP contribution in [0.3, 0.4) is 0 Å². The minimum absolute atomic E-state index is 0.0140. The summed E-state index contributed by atoms with van der Waals surface area (Å²) in [5, 5.41) is 8.66. The summed E-state index contributed by atoms with van der Waals surface area (Å²) >= 11 is 0. The third-order valence-corrected chi connectivity index (χ3v) is 1.90. The first-order valence-electron chi connectivity index (χ1n) is 4.03. The van der Waals surface area contributed by atoms with Crippen LogP contribution in [-0.2, 0) is 4.74 Å². The van der Waals surface area contributed by atoms with Crippen molar-refractivity contribution < 1.29 is 14.6 Å². The molecule has 0 radical (unpaired) electrons. The molecule has 12 heavy (non-hydrogen) atoms. The first-order valence-corrected chi connectivity index (χ1v) is 4.03. The molecule has 1 aliphatic rings. The van der Waals surface area contributed by atoms with Crippen molar-refractivity contribution in [2.24, 2.45) is 5.73 Å². The topological polar surface area (TPSA) is 75.8 Å². The van der Waals surface area contributed by atoms with Gasteiger partial charge in [0.1, 0.15) is 0 Å². The van der Waals surface area contributed by atoms with Crippen LogP contribution in [-0.4, -0.2) is 48.4 Å². The molecule has 0 saturated carbocycles. The van der Waals surface area contributed by atoms with Crippen molar-refractivity contribution in [1.82, 2.24) is 4.90 Å². The van der Waals surface area contributed by atoms with Crippen LogP contribution in [0.25, 0.3) is 0 Å². The van der Waals surface area contributed by atoms with Gasteiger partial charge in [-0.05, 0) is 13.0 Å². The Kier molecular flexibility index (Phi) is 3.31. The fourth-order valence-corrected chi connectivity index (χ4v) is 1.25. The van der Waals surface area contributed by atoms with Crippen LogP contribution in [0.2, 0.25) is 0 Å². The van der Waals surface area contributed by atoms with Gasteiger partial charge in [0.25, 0.3) is 0 Å². The predicted molar refractivity (Wildman–Crippen MR) is 43.0 cm³/mol. The lowest BCUT2D eigenvalue weighted by atomic mass is 10.2. The molecule has 5 nitrogen and oxygen atoms in total. The van der Waals surface area contributed by atoms with Crippen LogP contribution >= 0.6 is 0 Å². The number of carbonyl (C=O) groups is 1. The zero-order valence-corrected chi connectivity index (χ0v) is 6.90. The summed E-state index contributed by atoms with van der Waals surface area (Å²) < 4.78 is 5.31. The molecule has 1 atom stereocenters. The molecule has 70 valence electrons. The lowest BCUT2D eigenvalue weighted by Crippen LogP contribution is -2.45. The molecule has 1 heterocycles. The molecule has 0 aromatic carbocycles. The fourth-order valence-electron chi connectivity index (χ4n) is 1.25. The normalized spacial score (nSPS) is 24.1. The van der Waals surface area contributed by atoms with Crippen LogP contribution in [0, 0.1) is 0 Å². The molecule has 1 aliphatic heterocycles. The first kappa shape index (κ1) is 9.28. The Hall–Kier alpha value is -0.810. The second kappa shape index (κ2) is 4.27. The molecular weight excluding hydrogens is 160 g/mol. The summed E-state index contributed by atoms with van der Waals surface area (Å²) in [4.78, 5) is 11.9. The van der Waals surface area contributed by atoms with Gasteiger partial charge in [0.15, 0.2) is 0 Å². The molecule has 0 unspecified atom stereocenters. The van der Waals surface area contributed by atoms with Crippen molar-refractivity contribution >= 4 is 6.09 Å². The third-order valence-electron chi connectivity index (χ3n) is 1.90. The lowest BCUT2D eigenvalue weighted by molar-refractivity contribution is -0.0240. The zero-order valence-electron chi connectivity index (χ0n) is 6.90. The van der Waals surface area contributed by atoms with Gasteiger partial charge < -0.3 is 20.5 Å². The molecule has 5 heteroatoms. The van der Waals surface area contributed by atoms with Crippen molar-refractivity contribution in [2.45, 2.75) is 12.5 Å². The average molecular weight is 174 g/mol. The fraction of sp³-hybridized carbons (Fsp3) is 0.857. The highest BCUT2D eigenvalue weighted by Crippen LogP contribution is 2.07. The van der Waals surface area contributed by atoms with Gasteiger partial charge in [-0.25, -0.2) is 4.79 Å². The number of hydrogen-bond acceptors (Lipinski definition) is 3. The monoisotopic (exact) mass is 174 g/mol. The molecule has 3 N–H and O–H groups in total. The van der Waals surface area contributed by atoms with Crippen LogP contribution in [0.15, 0.2) is 0 Å². The summed E-state index contributed by atoms with van der Waals surface area (Å²) in [6.07, 6.45) is -0.163. The number of amides is 1. The Bertz CT molecular complexity index is 161. The highest BCUT2D eigenvalue weighted by molar-refractivity contribution is 5.65. The third kappa shape index (κ3) is 2.35. The quantitative estimate of drug-likeness (QED) is 0.603. The maximum Gasteiger partial charge on any atom is 0.407 e. The molecule has 0 aromatic heterocycles. The van der Waals surface area contributed by atoms with Gasteiger partial charge in [-0.3, -0.25) is 0 Å². The van der Waals surface area contributed by atoms with Crippen LogP contribution in [0.5, 0.6) is 0 Å². The van der Waals surface area contributed by atoms with E-state index in [1.807, 2.05) is 0 Å². The standard InChI is InChI=1S/C7H14N2O3/c8-2-1-6-5-9(7(10)11)3-4-12-6/h6H,1-5,8H2,(H,10,11)/t6-/m1/s1. The van der Waals surface area contributed by atoms with Gasteiger partial charge in [0.05, 0.1) is 19.3 Å². The second-order valence-corrected chi connectivity index (χ2v) is 2.80. The average Bonchev–Trinajstić information content (AvgIpc) is 2.05. The minimum atomic E-state index is -0.875. The van der Waals surface area contributed by atoms with Crippen molar-refractivity contribution in [3.63, 3.8) is 0 Å². The van der Waals surface area contributed by atoms with Crippen LogP contribution in [0.1, 0.15) is 6.42 Å². The number of morpholine rings is 1. The van der Waals surface area contributed by atoms with E-state index >= 15 is 0 Å². The number of rotatable bonds is 2. The number of nitrogens with two attached hydrogens (primary N) is 1. The number of hydrogen-bond donors (Lipinski definition) is 2. The molecule has 0 aromatic rings. The Labute approximate surface area is 71.1 Å². The zero-order chi connectivity index (χ0) is 8.97. The number of carboxylic acid groups (broad SMARTS) is 1. The Morgan fingerprint density at radius 2 is 2.50 bits per heavy atom. The van der Waals surface area contributed by atoms with E-state index in [-0.39, 0.29) is 6.10 Å². The molecule has 1 rings (SSSR count). The number of ether oxygens (including phenoxy) is 1. The van der Waals surface area contributed by atoms with Crippen molar-refractivity contribution in [3.05, 3.63) is 0 Å². The van der Waals surface area contributed by atoms with Crippen molar-refractivity contribution in [1.29, 1.82) is 0 Å². The van der Waals surface area contributed by atoms with Gasteiger partial charge in [-0.1, -0.05) is 0 Å². The maximum absolute atomic E-state index is 10.5. The largest absolute Gasteiger partial charge is 0.465 e. The first-order chi connectivity index (χ1) is 5.74. The molecule has 1 amide bonds. The van der Waals surface area contributed by atoms with E-state index in [2.05, 4.69) is 0 Å². The molecule has 1 fully saturated rings. The van der Waals surface area contributed by atoms with Gasteiger partial charge in [0, 0.05) is 6.54 Å². The smallest absolute Gasteiger partial charge is 0.407 e. The SMILES string of the molecule is NCC[C@@H]1CN(C(=O)O)CCO1. The molecular formula is C7H14N2O3. The van der Waals surface area contributed by atoms with E-state index in [1.54, 1.807) is 0 Å². The van der Waals surface area contributed by atoms with E-state index in [9.17, 15) is 4.79 Å². The van der Waals surface area contributed by atoms with E-state index in [4.69, 9.17) is 15.6 Å². The Morgan fingerprint density at radius 1 is 1.75 bits per heavy atom. The Morgan fingerprint density at radius 3 is 3.08 bits per heavy atom. The minimum Gasteiger partial charge on any atom is -0.465 e. The van der Waals surface area contributed by atoms with Crippen molar-refractivity contribution in [2.75, 3.05) is 26.2 Å². The molecule has 0 spiro atoms. The molecule has 0 bridgehead atoms. The van der Waals surface area contributed by atoms with E-state index in [0.717, 1.165) is 6.42 Å². The molecule has 1 saturated heterocycles. The highest BCUT2D eigenvalue weighted by atomic mass is 16.5. The summed E-state index contributed by atoms with van der Waals surface area (Å²) in [6, 6.07) is 0. The van der Waals surface area contributed by atoms with Gasteiger partial charge in [-0.15, -0.1) is 0 Å². The highest BCUT2D eigenvalue weighted by Gasteiger charge is 2.22. The van der Waals surface area contributed by atoms with Crippen LogP contribution < -0.4 is 5.73 Å². The van der Waals surface area contributed by atoms with Gasteiger partial charge in [0.2, 0.25) is 0 Å². The summed E-state index contributed by atoms with van der Waals surface area (Å²) in [6.45, 7) is 1.94. The van der Waals surface area contributed by atoms with Gasteiger partial charge >= 0.3 is 6.09 Å². The van der Waals surface area contributed by atoms with E-state index in [1.165, 1.54) is 4.90 Å². The van der Waals surface area contributed by atoms with Crippen molar-refractivity contribution in [3.8, 4) is 0 Å². The summed E-state index contributed by atoms with van der Waals surface area (Å²) in [5.74, 6) is 0. The predicted octanol–water partition coefficient (Wildman–Crippen LogP) is -0.286. The van der Waals surface area contributed by atoms with E-state index < -0.39 is 6.09 Å². The van der Waals surface area contributed by atoms with E-state index in [0.29, 0.717) is 26.2 Å². The number of nitrogens with zero attached hydrogens (tertiary/aromatic N) is 1. The summed E-state index contributed by atoms with van der Waals surface area (Å²) in [7, 11) is 0. The lowest BCUT2D eigenvalue weighted by Gasteiger charge is -2.30.